The van der Waals surface area contributed by atoms with Crippen LogP contribution < -0.4 is 0 Å². The zero-order chi connectivity index (χ0) is 19.5. The Kier molecular flexibility index (Phi) is 5.06. The number of hydrogen-bond donors (Lipinski definition) is 0. The van der Waals surface area contributed by atoms with E-state index in [-0.39, 0.29) is 11.9 Å². The third kappa shape index (κ3) is 3.88. The summed E-state index contributed by atoms with van der Waals surface area (Å²) in [5.41, 5.74) is 4.27. The number of amides is 1. The molecule has 1 aliphatic rings. The zero-order valence-corrected chi connectivity index (χ0v) is 16.1. The van der Waals surface area contributed by atoms with Crippen molar-refractivity contribution in [2.24, 2.45) is 0 Å². The van der Waals surface area contributed by atoms with Gasteiger partial charge in [0.15, 0.2) is 0 Å². The fourth-order valence-electron chi connectivity index (χ4n) is 3.50. The fourth-order valence-corrected chi connectivity index (χ4v) is 3.50. The molecule has 0 saturated carbocycles. The Balaban J connectivity index is 1.50. The minimum absolute atomic E-state index is 0.0293. The van der Waals surface area contributed by atoms with E-state index in [0.29, 0.717) is 18.3 Å². The molecule has 142 valence electrons. The zero-order valence-electron chi connectivity index (χ0n) is 16.1. The molecule has 1 atom stereocenters. The Morgan fingerprint density at radius 2 is 1.96 bits per heavy atom. The molecule has 2 aromatic carbocycles. The van der Waals surface area contributed by atoms with Gasteiger partial charge in [0.2, 0.25) is 17.6 Å². The third-order valence-electron chi connectivity index (χ3n) is 5.03. The molecule has 0 radical (unpaired) electrons. The smallest absolute Gasteiger partial charge is 0.249 e. The molecule has 0 spiro atoms. The number of aromatic nitrogens is 2. The maximum absolute atomic E-state index is 12.7. The molecule has 5 nitrogen and oxygen atoms in total. The van der Waals surface area contributed by atoms with Crippen molar-refractivity contribution < 1.29 is 9.32 Å². The molecule has 0 N–H and O–H groups in total. The Bertz CT molecular complexity index is 1000. The molecule has 0 unspecified atom stereocenters. The maximum Gasteiger partial charge on any atom is 0.249 e. The Labute approximate surface area is 164 Å². The molecule has 28 heavy (non-hydrogen) atoms. The van der Waals surface area contributed by atoms with Crippen LogP contribution in [0.25, 0.3) is 17.5 Å². The van der Waals surface area contributed by atoms with Crippen molar-refractivity contribution in [1.82, 2.24) is 15.0 Å². The van der Waals surface area contributed by atoms with Gasteiger partial charge in [-0.25, -0.2) is 0 Å². The Morgan fingerprint density at radius 1 is 1.14 bits per heavy atom. The summed E-state index contributed by atoms with van der Waals surface area (Å²) in [5.74, 6) is 1.04. The first-order valence-corrected chi connectivity index (χ1v) is 9.56. The number of carbonyl (C=O) groups is 1. The fraction of sp³-hybridized carbons (Fsp3) is 0.261. The quantitative estimate of drug-likeness (QED) is 0.620. The average Bonchev–Trinajstić information content (AvgIpc) is 3.36. The summed E-state index contributed by atoms with van der Waals surface area (Å²) in [6, 6.07) is 15.9. The normalized spacial score (nSPS) is 16.8. The first-order valence-electron chi connectivity index (χ1n) is 9.56. The lowest BCUT2D eigenvalue weighted by molar-refractivity contribution is -0.127. The summed E-state index contributed by atoms with van der Waals surface area (Å²) in [4.78, 5) is 19.1. The molecule has 0 aliphatic carbocycles. The number of nitrogens with zero attached hydrogens (tertiary/aromatic N) is 3. The molecule has 1 amide bonds. The van der Waals surface area contributed by atoms with Crippen LogP contribution in [0, 0.1) is 13.8 Å². The molecule has 1 fully saturated rings. The lowest BCUT2D eigenvalue weighted by Gasteiger charge is -2.20. The second-order valence-corrected chi connectivity index (χ2v) is 7.26. The van der Waals surface area contributed by atoms with Crippen LogP contribution in [0.5, 0.6) is 0 Å². The minimum Gasteiger partial charge on any atom is -0.337 e. The van der Waals surface area contributed by atoms with Gasteiger partial charge in [-0.1, -0.05) is 58.7 Å². The van der Waals surface area contributed by atoms with Gasteiger partial charge in [-0.2, -0.15) is 4.98 Å². The highest BCUT2D eigenvalue weighted by Gasteiger charge is 2.33. The van der Waals surface area contributed by atoms with Crippen molar-refractivity contribution in [3.63, 3.8) is 0 Å². The largest absolute Gasteiger partial charge is 0.337 e. The van der Waals surface area contributed by atoms with E-state index in [0.717, 1.165) is 29.5 Å². The average molecular weight is 373 g/mol. The van der Waals surface area contributed by atoms with Crippen LogP contribution in [0.4, 0.5) is 0 Å². The van der Waals surface area contributed by atoms with Crippen molar-refractivity contribution in [1.29, 1.82) is 0 Å². The van der Waals surface area contributed by atoms with Crippen LogP contribution in [-0.4, -0.2) is 27.5 Å². The molecule has 3 aromatic rings. The lowest BCUT2D eigenvalue weighted by atomic mass is 10.1. The first kappa shape index (κ1) is 18.2. The van der Waals surface area contributed by atoms with Gasteiger partial charge in [0, 0.05) is 18.2 Å². The highest BCUT2D eigenvalue weighted by atomic mass is 16.5. The van der Waals surface area contributed by atoms with Gasteiger partial charge >= 0.3 is 0 Å². The highest BCUT2D eigenvalue weighted by Crippen LogP contribution is 2.32. The van der Waals surface area contributed by atoms with Gasteiger partial charge in [0.1, 0.15) is 6.04 Å². The molecule has 1 aromatic heterocycles. The van der Waals surface area contributed by atoms with E-state index in [9.17, 15) is 4.79 Å². The van der Waals surface area contributed by atoms with E-state index >= 15 is 0 Å². The summed E-state index contributed by atoms with van der Waals surface area (Å²) in [7, 11) is 0. The van der Waals surface area contributed by atoms with Crippen molar-refractivity contribution in [3.05, 3.63) is 77.2 Å². The van der Waals surface area contributed by atoms with Gasteiger partial charge in [-0.3, -0.25) is 4.79 Å². The summed E-state index contributed by atoms with van der Waals surface area (Å²) in [6.45, 7) is 4.77. The molecule has 2 heterocycles. The van der Waals surface area contributed by atoms with E-state index in [1.54, 1.807) is 6.08 Å². The van der Waals surface area contributed by atoms with Gasteiger partial charge in [-0.15, -0.1) is 0 Å². The van der Waals surface area contributed by atoms with Gasteiger partial charge in [0.25, 0.3) is 0 Å². The van der Waals surface area contributed by atoms with Gasteiger partial charge < -0.3 is 9.42 Å². The van der Waals surface area contributed by atoms with Crippen molar-refractivity contribution in [2.45, 2.75) is 32.7 Å². The number of likely N-dealkylation sites (tertiary alicyclic amines) is 1. The predicted octanol–water partition coefficient (Wildman–Crippen LogP) is 4.73. The second-order valence-electron chi connectivity index (χ2n) is 7.26. The molecule has 1 saturated heterocycles. The summed E-state index contributed by atoms with van der Waals surface area (Å²) in [5, 5.41) is 4.13. The molecule has 4 rings (SSSR count). The predicted molar refractivity (Wildman–Crippen MR) is 108 cm³/mol. The van der Waals surface area contributed by atoms with Crippen molar-refractivity contribution in [3.8, 4) is 11.4 Å². The molecule has 5 heteroatoms. The van der Waals surface area contributed by atoms with E-state index in [1.165, 1.54) is 5.56 Å². The van der Waals surface area contributed by atoms with E-state index < -0.39 is 0 Å². The monoisotopic (exact) mass is 373 g/mol. The summed E-state index contributed by atoms with van der Waals surface area (Å²) in [6.07, 6.45) is 5.24. The van der Waals surface area contributed by atoms with Crippen molar-refractivity contribution in [2.75, 3.05) is 6.54 Å². The van der Waals surface area contributed by atoms with Gasteiger partial charge in [0.05, 0.1) is 0 Å². The lowest BCUT2D eigenvalue weighted by Crippen LogP contribution is -2.29. The first-order chi connectivity index (χ1) is 13.6. The Hall–Kier alpha value is -3.21. The summed E-state index contributed by atoms with van der Waals surface area (Å²) >= 11 is 0. The van der Waals surface area contributed by atoms with Crippen LogP contribution in [-0.2, 0) is 4.79 Å². The number of benzene rings is 2. The van der Waals surface area contributed by atoms with Crippen LogP contribution in [0.1, 0.15) is 41.5 Å². The molecule has 1 aliphatic heterocycles. The van der Waals surface area contributed by atoms with Crippen molar-refractivity contribution >= 4 is 12.0 Å². The maximum atomic E-state index is 12.7. The molecule has 0 bridgehead atoms. The third-order valence-corrected chi connectivity index (χ3v) is 5.03. The number of hydrogen-bond acceptors (Lipinski definition) is 4. The second kappa shape index (κ2) is 7.80. The summed E-state index contributed by atoms with van der Waals surface area (Å²) < 4.78 is 5.52. The van der Waals surface area contributed by atoms with Crippen LogP contribution in [0.3, 0.4) is 0 Å². The van der Waals surface area contributed by atoms with Crippen LogP contribution in [0.15, 0.2) is 59.1 Å². The van der Waals surface area contributed by atoms with E-state index in [2.05, 4.69) is 10.1 Å². The van der Waals surface area contributed by atoms with E-state index in [4.69, 9.17) is 4.52 Å². The topological polar surface area (TPSA) is 59.2 Å². The van der Waals surface area contributed by atoms with Gasteiger partial charge in [-0.05, 0) is 44.4 Å². The van der Waals surface area contributed by atoms with E-state index in [1.807, 2.05) is 73.4 Å². The number of rotatable bonds is 4. The standard InChI is InChI=1S/C23H23N3O2/c1-16-8-10-18(11-9-16)12-13-21(27)26-14-4-7-20(26)23-24-22(25-28-23)19-6-3-5-17(2)15-19/h3,5-6,8-13,15,20H,4,7,14H2,1-2H3/b13-12+/t20-/m1/s1. The highest BCUT2D eigenvalue weighted by molar-refractivity contribution is 5.92. The van der Waals surface area contributed by atoms with Crippen LogP contribution in [0.2, 0.25) is 0 Å². The number of aryl methyl sites for hydroxylation is 2. The molecular formula is C23H23N3O2. The SMILES string of the molecule is Cc1ccc(/C=C/C(=O)N2CCC[C@@H]2c2nc(-c3cccc(C)c3)no2)cc1. The minimum atomic E-state index is -0.166. The van der Waals surface area contributed by atoms with Crippen LogP contribution >= 0.6 is 0 Å². The Morgan fingerprint density at radius 3 is 2.75 bits per heavy atom. The molecular weight excluding hydrogens is 350 g/mol. The number of carbonyl (C=O) groups excluding carboxylic acids is 1.